The molecule has 0 bridgehead atoms. The molecule has 0 spiro atoms. The van der Waals surface area contributed by atoms with Gasteiger partial charge >= 0.3 is 51.4 Å². The fraction of sp³-hybridized carbons (Fsp3) is 0.350. The van der Waals surface area contributed by atoms with Crippen molar-refractivity contribution >= 4 is 63.6 Å². The van der Waals surface area contributed by atoms with Gasteiger partial charge in [-0.2, -0.15) is 0 Å². The van der Waals surface area contributed by atoms with E-state index in [2.05, 4.69) is 56.2 Å². The van der Waals surface area contributed by atoms with Crippen LogP contribution in [0.5, 0.6) is 0 Å². The molecule has 0 saturated carbocycles. The Labute approximate surface area is 395 Å². The summed E-state index contributed by atoms with van der Waals surface area (Å²) in [6, 6.07) is 12.4. The summed E-state index contributed by atoms with van der Waals surface area (Å²) in [6.07, 6.45) is 0. The van der Waals surface area contributed by atoms with Gasteiger partial charge in [0.15, 0.2) is 23.3 Å². The molecule has 0 aliphatic rings. The van der Waals surface area contributed by atoms with Gasteiger partial charge in [0.2, 0.25) is 11.4 Å². The number of hydrogen-bond acceptors (Lipinski definition) is 10. The van der Waals surface area contributed by atoms with Crippen molar-refractivity contribution in [1.82, 2.24) is 20.9 Å². The monoisotopic (exact) mass is 870 g/mol. The summed E-state index contributed by atoms with van der Waals surface area (Å²) in [5.41, 5.74) is 13.9. The maximum Gasteiger partial charge on any atom is 1.00 e. The molecule has 4 rings (SSSR count). The molecule has 0 atom stereocenters. The molecule has 0 unspecified atom stereocenters. The molecule has 2 amide bonds. The van der Waals surface area contributed by atoms with Crippen molar-refractivity contribution in [2.24, 2.45) is 10.8 Å². The van der Waals surface area contributed by atoms with Gasteiger partial charge in [-0.3, -0.25) is 19.3 Å². The van der Waals surface area contributed by atoms with E-state index in [0.717, 1.165) is 23.3 Å². The number of hydroxylamine groups is 2. The first-order chi connectivity index (χ1) is 26.6. The number of carbonyl (C=O) groups is 2. The minimum absolute atomic E-state index is 0. The molecule has 14 nitrogen and oxygen atoms in total. The maximum absolute atomic E-state index is 14.3. The second-order valence-electron chi connectivity index (χ2n) is 14.9. The van der Waals surface area contributed by atoms with E-state index in [9.17, 15) is 18.4 Å². The van der Waals surface area contributed by atoms with Gasteiger partial charge in [-0.1, -0.05) is 65.3 Å². The van der Waals surface area contributed by atoms with E-state index in [-0.39, 0.29) is 111 Å². The summed E-state index contributed by atoms with van der Waals surface area (Å²) in [5, 5.41) is 8.92. The first kappa shape index (κ1) is 54.5. The number of pyridine rings is 2. The summed E-state index contributed by atoms with van der Waals surface area (Å²) in [4.78, 5) is 46.8. The molecular weight excluding hydrogens is 816 g/mol. The largest absolute Gasteiger partial charge is 1.00 e. The molecule has 0 fully saturated rings. The van der Waals surface area contributed by atoms with Crippen molar-refractivity contribution in [3.8, 4) is 0 Å². The third-order valence-electron chi connectivity index (χ3n) is 7.36. The van der Waals surface area contributed by atoms with Crippen molar-refractivity contribution in [3.63, 3.8) is 0 Å². The second-order valence-corrected chi connectivity index (χ2v) is 15.2. The van der Waals surface area contributed by atoms with E-state index in [1.165, 1.54) is 14.2 Å². The molecular formula is C40H55ClF3KN10O4. The van der Waals surface area contributed by atoms with Crippen LogP contribution in [0.3, 0.4) is 0 Å². The Balaban J connectivity index is -0.000000425. The van der Waals surface area contributed by atoms with Crippen molar-refractivity contribution in [1.29, 1.82) is 0 Å². The van der Waals surface area contributed by atoms with E-state index in [0.29, 0.717) is 35.6 Å². The Morgan fingerprint density at radius 3 is 1.64 bits per heavy atom. The third kappa shape index (κ3) is 18.5. The fourth-order valence-corrected chi connectivity index (χ4v) is 4.43. The van der Waals surface area contributed by atoms with E-state index >= 15 is 0 Å². The summed E-state index contributed by atoms with van der Waals surface area (Å²) in [7, 11) is 2.73. The normalized spacial score (nSPS) is 10.3. The fourth-order valence-electron chi connectivity index (χ4n) is 4.25. The van der Waals surface area contributed by atoms with Crippen LogP contribution in [0.2, 0.25) is 5.15 Å². The van der Waals surface area contributed by atoms with Crippen molar-refractivity contribution in [2.75, 3.05) is 49.0 Å². The van der Waals surface area contributed by atoms with Crippen LogP contribution in [0.15, 0.2) is 48.5 Å². The quantitative estimate of drug-likeness (QED) is 0.0449. The molecule has 0 aliphatic heterocycles. The van der Waals surface area contributed by atoms with Crippen LogP contribution in [-0.4, -0.2) is 49.1 Å². The number of hydrogen-bond donors (Lipinski definition) is 6. The Morgan fingerprint density at radius 1 is 0.763 bits per heavy atom. The summed E-state index contributed by atoms with van der Waals surface area (Å²) >= 11 is 5.72. The Hall–Kier alpha value is -4.50. The van der Waals surface area contributed by atoms with Gasteiger partial charge in [-0.05, 0) is 72.2 Å². The zero-order chi connectivity index (χ0) is 43.1. The van der Waals surface area contributed by atoms with Crippen LogP contribution in [0.4, 0.5) is 49.0 Å². The van der Waals surface area contributed by atoms with Crippen LogP contribution >= 0.6 is 11.6 Å². The third-order valence-corrected chi connectivity index (χ3v) is 7.64. The van der Waals surface area contributed by atoms with Gasteiger partial charge in [0.1, 0.15) is 11.0 Å². The predicted molar refractivity (Wildman–Crippen MR) is 227 cm³/mol. The minimum Gasteiger partial charge on any atom is -1.00 e. The second kappa shape index (κ2) is 25.2. The molecule has 4 aromatic rings. The molecule has 2 aromatic carbocycles. The van der Waals surface area contributed by atoms with E-state index in [1.54, 1.807) is 36.4 Å². The van der Waals surface area contributed by atoms with Crippen LogP contribution in [-0.2, 0) is 9.68 Å². The van der Waals surface area contributed by atoms with Gasteiger partial charge in [0.25, 0.3) is 11.8 Å². The average Bonchev–Trinajstić information content (AvgIpc) is 3.13. The number of benzene rings is 2. The maximum atomic E-state index is 14.3. The van der Waals surface area contributed by atoms with Gasteiger partial charge in [0.05, 0.1) is 27.4 Å². The molecule has 2 aromatic heterocycles. The number of nitrogen functional groups attached to an aromatic ring is 1. The Morgan fingerprint density at radius 2 is 1.20 bits per heavy atom. The standard InChI is InChI=1S/C20H24FN5O2.C11H13ClFN3.C9H12N2O2.FH.K.3H2/c1-12-7-8-13(19(27)26-28-6)9-15(12)24-18-16(22-5)10-14(21)17(25-18)23-11-20(2,3)4;1-11(2,3)6-15-10-7(13)5-8(14-4)9(12)16-10;1-6-3-4-7(5-8(6)10)9(12)11-13-2;;;;;/h7-10H,11H2,1-4,6H3,(H,26,27)(H2,23,24,25);5H,6H2,1-3H3,(H,15,16);3-5H,10H2,1-2H3,(H,11,12);1H;;3*1H/q;;;;+1;;;/p-1. The zero-order valence-electron chi connectivity index (χ0n) is 35.0. The number of rotatable bonds is 10. The molecule has 19 heteroatoms. The first-order valence-corrected chi connectivity index (χ1v) is 17.7. The molecule has 2 heterocycles. The molecule has 0 radical (unpaired) electrons. The first-order valence-electron chi connectivity index (χ1n) is 17.3. The molecule has 59 heavy (non-hydrogen) atoms. The minimum atomic E-state index is -0.592. The topological polar surface area (TPSA) is 173 Å². The van der Waals surface area contributed by atoms with Crippen LogP contribution in [0.1, 0.15) is 77.7 Å². The number of halogens is 4. The summed E-state index contributed by atoms with van der Waals surface area (Å²) in [6.45, 7) is 31.0. The van der Waals surface area contributed by atoms with E-state index in [1.807, 2.05) is 55.4 Å². The number of aryl methyl sites for hydroxylation is 2. The van der Waals surface area contributed by atoms with Crippen LogP contribution < -0.4 is 88.7 Å². The van der Waals surface area contributed by atoms with E-state index < -0.39 is 17.5 Å². The zero-order valence-corrected chi connectivity index (χ0v) is 38.9. The molecule has 7 N–H and O–H groups in total. The van der Waals surface area contributed by atoms with Gasteiger partial charge in [-0.15, -0.1) is 0 Å². The number of amides is 2. The molecule has 0 aliphatic carbocycles. The summed E-state index contributed by atoms with van der Waals surface area (Å²) in [5.74, 6) is -1.49. The van der Waals surface area contributed by atoms with Crippen molar-refractivity contribution in [3.05, 3.63) is 110 Å². The SMILES string of the molecule is CONC(=O)c1ccc(C)c(N)c1.[C-]#[N+]c1cc(F)c(NCC(C)(C)C)nc1Cl.[C-]#[N+]c1cc(F)c(NCC(C)(C)C)nc1Nc1cc(C(=O)NOC)ccc1C.[F-].[HH].[HH].[HH].[K+]. The number of aromatic nitrogens is 2. The number of nitrogens with one attached hydrogen (secondary N) is 5. The number of nitrogens with zero attached hydrogens (tertiary/aromatic N) is 4. The van der Waals surface area contributed by atoms with Gasteiger partial charge < -0.3 is 26.4 Å². The van der Waals surface area contributed by atoms with Crippen LogP contribution in [0, 0.1) is 49.5 Å². The Bertz CT molecular complexity index is 2150. The van der Waals surface area contributed by atoms with Crippen molar-refractivity contribution < 1.29 is 88.4 Å². The van der Waals surface area contributed by atoms with Gasteiger partial charge in [0, 0.05) is 39.9 Å². The van der Waals surface area contributed by atoms with Crippen LogP contribution in [0.25, 0.3) is 9.69 Å². The number of carbonyl (C=O) groups excluding carboxylic acids is 2. The average molecular weight is 871 g/mol. The summed E-state index contributed by atoms with van der Waals surface area (Å²) < 4.78 is 27.8. The molecule has 318 valence electrons. The molecule has 0 saturated heterocycles. The predicted octanol–water partition coefficient (Wildman–Crippen LogP) is 4.07. The van der Waals surface area contributed by atoms with Gasteiger partial charge in [-0.25, -0.2) is 39.4 Å². The smallest absolute Gasteiger partial charge is 1.00 e. The van der Waals surface area contributed by atoms with Crippen molar-refractivity contribution in [2.45, 2.75) is 55.4 Å². The number of nitrogens with two attached hydrogens (primary N) is 1. The Kier molecular flexibility index (Phi) is 23.3. The number of anilines is 5. The van der Waals surface area contributed by atoms with E-state index in [4.69, 9.17) is 30.5 Å².